The van der Waals surface area contributed by atoms with Crippen LogP contribution in [0.5, 0.6) is 5.75 Å². The van der Waals surface area contributed by atoms with E-state index in [1.807, 2.05) is 12.1 Å². The van der Waals surface area contributed by atoms with E-state index in [2.05, 4.69) is 67.0 Å². The number of rotatable bonds is 7. The van der Waals surface area contributed by atoms with Gasteiger partial charge in [0.1, 0.15) is 11.4 Å². The number of carbonyl (C=O) groups is 1. The Morgan fingerprint density at radius 1 is 0.973 bits per heavy atom. The lowest BCUT2D eigenvalue weighted by atomic mass is 9.75. The van der Waals surface area contributed by atoms with E-state index in [0.29, 0.717) is 12.3 Å². The topological polar surface area (TPSA) is 41.6 Å². The van der Waals surface area contributed by atoms with Crippen molar-refractivity contribution in [2.45, 2.75) is 77.9 Å². The molecule has 3 unspecified atom stereocenters. The maximum Gasteiger partial charge on any atom is 0.188 e. The third-order valence-corrected chi connectivity index (χ3v) is 8.83. The van der Waals surface area contributed by atoms with E-state index < -0.39 is 0 Å². The monoisotopic (exact) mass is 498 g/mol. The van der Waals surface area contributed by atoms with Crippen molar-refractivity contribution in [3.63, 3.8) is 0 Å². The Labute approximate surface area is 222 Å². The minimum absolute atomic E-state index is 0.135. The zero-order valence-corrected chi connectivity index (χ0v) is 22.8. The van der Waals surface area contributed by atoms with Crippen LogP contribution < -0.4 is 10.1 Å². The number of benzene rings is 2. The summed E-state index contributed by atoms with van der Waals surface area (Å²) >= 11 is 0. The summed E-state index contributed by atoms with van der Waals surface area (Å²) in [5.74, 6) is 1.70. The van der Waals surface area contributed by atoms with Gasteiger partial charge in [0, 0.05) is 24.1 Å². The summed E-state index contributed by atoms with van der Waals surface area (Å²) in [6, 6.07) is 16.9. The van der Waals surface area contributed by atoms with Gasteiger partial charge in [-0.25, -0.2) is 0 Å². The average molecular weight is 499 g/mol. The first kappa shape index (κ1) is 25.6. The molecule has 1 fully saturated rings. The number of methoxy groups -OCH3 is 1. The van der Waals surface area contributed by atoms with E-state index in [-0.39, 0.29) is 23.8 Å². The Morgan fingerprint density at radius 3 is 2.27 bits per heavy atom. The van der Waals surface area contributed by atoms with E-state index in [1.165, 1.54) is 49.7 Å². The van der Waals surface area contributed by atoms with Crippen LogP contribution in [0.1, 0.15) is 68.6 Å². The van der Waals surface area contributed by atoms with Gasteiger partial charge in [-0.15, -0.1) is 0 Å². The third-order valence-electron chi connectivity index (χ3n) is 8.83. The average Bonchev–Trinajstić information content (AvgIpc) is 3.06. The van der Waals surface area contributed by atoms with Gasteiger partial charge in [0.2, 0.25) is 0 Å². The number of Topliss-reactive ketones (excluding diaryl/α,β-unsaturated/α-hetero) is 1. The molecule has 3 atom stereocenters. The van der Waals surface area contributed by atoms with E-state index in [0.717, 1.165) is 41.2 Å². The Hall–Kier alpha value is -3.01. The van der Waals surface area contributed by atoms with E-state index >= 15 is 0 Å². The third kappa shape index (κ3) is 5.49. The number of hydrogen-bond acceptors (Lipinski definition) is 4. The molecule has 1 heterocycles. The van der Waals surface area contributed by atoms with Crippen molar-refractivity contribution in [2.24, 2.45) is 17.8 Å². The molecule has 0 radical (unpaired) electrons. The molecule has 0 aromatic heterocycles. The van der Waals surface area contributed by atoms with Gasteiger partial charge >= 0.3 is 0 Å². The van der Waals surface area contributed by atoms with Gasteiger partial charge in [-0.1, -0.05) is 99.6 Å². The van der Waals surface area contributed by atoms with Crippen LogP contribution in [0.3, 0.4) is 0 Å². The van der Waals surface area contributed by atoms with Gasteiger partial charge < -0.3 is 15.0 Å². The number of ketones is 1. The normalized spacial score (nSPS) is 24.6. The lowest BCUT2D eigenvalue weighted by molar-refractivity contribution is -0.120. The predicted octanol–water partition coefficient (Wildman–Crippen LogP) is 6.94. The minimum atomic E-state index is -0.207. The molecule has 37 heavy (non-hydrogen) atoms. The molecule has 0 bridgehead atoms. The van der Waals surface area contributed by atoms with Gasteiger partial charge in [0.15, 0.2) is 5.78 Å². The van der Waals surface area contributed by atoms with Crippen LogP contribution >= 0.6 is 0 Å². The van der Waals surface area contributed by atoms with Crippen LogP contribution in [0.4, 0.5) is 0 Å². The Bertz CT molecular complexity index is 1140. The molecule has 1 aliphatic heterocycles. The SMILES string of the molecule is C=C1C(C)C2=C(C(=O)C1Cc1ccc(OC)cc1)N(Cc1ccc(C)cc1)C(CC1CCCCCC1)N2. The molecule has 0 saturated heterocycles. The van der Waals surface area contributed by atoms with E-state index in [1.54, 1.807) is 7.11 Å². The second kappa shape index (κ2) is 11.2. The first-order valence-corrected chi connectivity index (χ1v) is 14.1. The van der Waals surface area contributed by atoms with Gasteiger partial charge in [-0.3, -0.25) is 4.79 Å². The highest BCUT2D eigenvalue weighted by molar-refractivity contribution is 6.01. The fourth-order valence-corrected chi connectivity index (χ4v) is 6.46. The van der Waals surface area contributed by atoms with Crippen LogP contribution in [-0.4, -0.2) is 24.0 Å². The first-order chi connectivity index (χ1) is 17.9. The van der Waals surface area contributed by atoms with Crippen molar-refractivity contribution in [3.8, 4) is 5.75 Å². The molecule has 2 aromatic carbocycles. The fourth-order valence-electron chi connectivity index (χ4n) is 6.46. The number of nitrogens with zero attached hydrogens (tertiary/aromatic N) is 1. The minimum Gasteiger partial charge on any atom is -0.497 e. The van der Waals surface area contributed by atoms with Crippen molar-refractivity contribution in [1.82, 2.24) is 10.2 Å². The molecule has 196 valence electrons. The van der Waals surface area contributed by atoms with Crippen LogP contribution in [-0.2, 0) is 17.8 Å². The summed E-state index contributed by atoms with van der Waals surface area (Å²) in [5.41, 5.74) is 6.67. The summed E-state index contributed by atoms with van der Waals surface area (Å²) < 4.78 is 5.33. The lowest BCUT2D eigenvalue weighted by Crippen LogP contribution is -2.40. The summed E-state index contributed by atoms with van der Waals surface area (Å²) in [6.45, 7) is 9.55. The quantitative estimate of drug-likeness (QED) is 0.332. The molecule has 4 heteroatoms. The molecule has 3 aliphatic rings. The maximum atomic E-state index is 14.2. The number of allylic oxidation sites excluding steroid dienone is 2. The number of carbonyl (C=O) groups excluding carboxylic acids is 1. The van der Waals surface area contributed by atoms with Crippen LogP contribution in [0.15, 0.2) is 72.1 Å². The molecular formula is C33H42N2O2. The molecular weight excluding hydrogens is 456 g/mol. The number of hydrogen-bond donors (Lipinski definition) is 1. The van der Waals surface area contributed by atoms with Crippen LogP contribution in [0, 0.1) is 24.7 Å². The zero-order chi connectivity index (χ0) is 25.9. The lowest BCUT2D eigenvalue weighted by Gasteiger charge is -2.34. The fraction of sp³-hybridized carbons (Fsp3) is 0.485. The zero-order valence-electron chi connectivity index (χ0n) is 22.8. The van der Waals surface area contributed by atoms with Gasteiger partial charge in [-0.05, 0) is 48.9 Å². The summed E-state index contributed by atoms with van der Waals surface area (Å²) in [6.07, 6.45) is 9.92. The largest absolute Gasteiger partial charge is 0.497 e. The highest BCUT2D eigenvalue weighted by atomic mass is 16.5. The molecule has 1 saturated carbocycles. The van der Waals surface area contributed by atoms with Crippen LogP contribution in [0.25, 0.3) is 0 Å². The number of aryl methyl sites for hydroxylation is 1. The summed E-state index contributed by atoms with van der Waals surface area (Å²) in [7, 11) is 1.68. The molecule has 4 nitrogen and oxygen atoms in total. The highest BCUT2D eigenvalue weighted by Crippen LogP contribution is 2.43. The second-order valence-corrected chi connectivity index (χ2v) is 11.4. The summed E-state index contributed by atoms with van der Waals surface area (Å²) in [4.78, 5) is 16.6. The number of nitrogens with one attached hydrogen (secondary N) is 1. The Morgan fingerprint density at radius 2 is 1.62 bits per heavy atom. The predicted molar refractivity (Wildman–Crippen MR) is 150 cm³/mol. The van der Waals surface area contributed by atoms with E-state index in [4.69, 9.17) is 4.74 Å². The highest BCUT2D eigenvalue weighted by Gasteiger charge is 2.45. The molecule has 0 spiro atoms. The van der Waals surface area contributed by atoms with Crippen molar-refractivity contribution >= 4 is 5.78 Å². The van der Waals surface area contributed by atoms with Crippen molar-refractivity contribution < 1.29 is 9.53 Å². The van der Waals surface area contributed by atoms with Crippen LogP contribution in [0.2, 0.25) is 0 Å². The molecule has 2 aromatic rings. The Kier molecular flexibility index (Phi) is 7.73. The number of ether oxygens (including phenoxy) is 1. The second-order valence-electron chi connectivity index (χ2n) is 11.4. The molecule has 2 aliphatic carbocycles. The molecule has 5 rings (SSSR count). The van der Waals surface area contributed by atoms with Gasteiger partial charge in [0.25, 0.3) is 0 Å². The maximum absolute atomic E-state index is 14.2. The molecule has 1 N–H and O–H groups in total. The molecule has 0 amide bonds. The van der Waals surface area contributed by atoms with Crippen molar-refractivity contribution in [2.75, 3.05) is 7.11 Å². The standard InChI is InChI=1S/C33H42N2O2/c1-22-11-13-27(14-12-22)21-35-30(20-25-9-7-5-6-8-10-25)34-31-24(3)23(2)29(33(36)32(31)35)19-26-15-17-28(37-4)18-16-26/h11-18,24-25,29-30,34H,2,5-10,19-21H2,1,3-4H3. The van der Waals surface area contributed by atoms with Gasteiger partial charge in [-0.2, -0.15) is 0 Å². The smallest absolute Gasteiger partial charge is 0.188 e. The van der Waals surface area contributed by atoms with Crippen molar-refractivity contribution in [3.05, 3.63) is 88.8 Å². The first-order valence-electron chi connectivity index (χ1n) is 14.1. The van der Waals surface area contributed by atoms with Gasteiger partial charge in [0.05, 0.1) is 13.3 Å². The summed E-state index contributed by atoms with van der Waals surface area (Å²) in [5, 5.41) is 3.86. The Balaban J connectivity index is 1.43. The van der Waals surface area contributed by atoms with E-state index in [9.17, 15) is 4.79 Å². The van der Waals surface area contributed by atoms with Crippen molar-refractivity contribution in [1.29, 1.82) is 0 Å².